The molecule has 0 radical (unpaired) electrons. The van der Waals surface area contributed by atoms with E-state index in [4.69, 9.17) is 0 Å². The lowest BCUT2D eigenvalue weighted by Gasteiger charge is -2.18. The molecule has 0 saturated carbocycles. The summed E-state index contributed by atoms with van der Waals surface area (Å²) in [6.45, 7) is 2.77. The summed E-state index contributed by atoms with van der Waals surface area (Å²) in [6, 6.07) is 6.09. The molecule has 0 aliphatic heterocycles. The molecule has 1 unspecified atom stereocenters. The van der Waals surface area contributed by atoms with E-state index in [1.165, 1.54) is 23.1 Å². The Kier molecular flexibility index (Phi) is 5.69. The van der Waals surface area contributed by atoms with Crippen molar-refractivity contribution in [3.8, 4) is 0 Å². The number of nitrogens with one attached hydrogen (secondary N) is 1. The van der Waals surface area contributed by atoms with Gasteiger partial charge in [0.15, 0.2) is 0 Å². The van der Waals surface area contributed by atoms with Crippen molar-refractivity contribution >= 4 is 27.3 Å². The molecule has 1 atom stereocenters. The molecule has 0 fully saturated rings. The third-order valence-electron chi connectivity index (χ3n) is 3.07. The highest BCUT2D eigenvalue weighted by Crippen LogP contribution is 2.22. The normalized spacial score (nSPS) is 12.6. The van der Waals surface area contributed by atoms with Gasteiger partial charge in [-0.1, -0.05) is 13.0 Å². The minimum absolute atomic E-state index is 0.0250. The van der Waals surface area contributed by atoms with Crippen LogP contribution >= 0.6 is 27.3 Å². The van der Waals surface area contributed by atoms with E-state index in [-0.39, 0.29) is 11.6 Å². The van der Waals surface area contributed by atoms with Gasteiger partial charge >= 0.3 is 0 Å². The van der Waals surface area contributed by atoms with E-state index in [1.807, 2.05) is 18.4 Å². The minimum Gasteiger partial charge on any atom is -0.314 e. The molecule has 108 valence electrons. The van der Waals surface area contributed by atoms with Gasteiger partial charge in [0.2, 0.25) is 0 Å². The maximum Gasteiger partial charge on any atom is 0.129 e. The van der Waals surface area contributed by atoms with E-state index >= 15 is 0 Å². The lowest BCUT2D eigenvalue weighted by Crippen LogP contribution is -2.33. The number of benzene rings is 1. The van der Waals surface area contributed by atoms with Crippen LogP contribution < -0.4 is 5.32 Å². The van der Waals surface area contributed by atoms with E-state index in [1.54, 1.807) is 11.3 Å². The fraction of sp³-hybridized carbons (Fsp3) is 0.333. The monoisotopic (exact) mass is 359 g/mol. The van der Waals surface area contributed by atoms with E-state index in [2.05, 4.69) is 21.2 Å². The predicted molar refractivity (Wildman–Crippen MR) is 83.2 cm³/mol. The fourth-order valence-corrected chi connectivity index (χ4v) is 3.72. The van der Waals surface area contributed by atoms with Gasteiger partial charge in [0.1, 0.15) is 11.6 Å². The van der Waals surface area contributed by atoms with Crippen molar-refractivity contribution < 1.29 is 8.78 Å². The van der Waals surface area contributed by atoms with Gasteiger partial charge in [-0.25, -0.2) is 8.78 Å². The maximum absolute atomic E-state index is 13.7. The molecule has 5 heteroatoms. The second kappa shape index (κ2) is 7.29. The lowest BCUT2D eigenvalue weighted by molar-refractivity contribution is 0.486. The van der Waals surface area contributed by atoms with Crippen LogP contribution in [0.4, 0.5) is 8.78 Å². The zero-order chi connectivity index (χ0) is 14.5. The molecule has 1 heterocycles. The van der Waals surface area contributed by atoms with E-state index in [0.717, 1.165) is 17.4 Å². The van der Waals surface area contributed by atoms with Crippen molar-refractivity contribution in [2.45, 2.75) is 25.8 Å². The summed E-state index contributed by atoms with van der Waals surface area (Å²) < 4.78 is 28.5. The minimum atomic E-state index is -0.472. The molecule has 0 amide bonds. The quantitative estimate of drug-likeness (QED) is 0.797. The Balaban J connectivity index is 2.13. The zero-order valence-electron chi connectivity index (χ0n) is 11.1. The van der Waals surface area contributed by atoms with E-state index in [9.17, 15) is 8.78 Å². The van der Waals surface area contributed by atoms with Gasteiger partial charge in [0.05, 0.1) is 0 Å². The lowest BCUT2D eigenvalue weighted by atomic mass is 10.0. The SMILES string of the molecule is CCNC(Cc1cc(Br)cs1)Cc1c(F)cccc1F. The molecular weight excluding hydrogens is 344 g/mol. The van der Waals surface area contributed by atoms with Crippen LogP contribution in [-0.4, -0.2) is 12.6 Å². The van der Waals surface area contributed by atoms with Crippen LogP contribution in [0.3, 0.4) is 0 Å². The summed E-state index contributed by atoms with van der Waals surface area (Å²) in [5, 5.41) is 5.32. The molecule has 1 aromatic heterocycles. The first kappa shape index (κ1) is 15.6. The summed E-state index contributed by atoms with van der Waals surface area (Å²) in [5.41, 5.74) is 0.161. The Bertz CT molecular complexity index is 551. The highest BCUT2D eigenvalue weighted by atomic mass is 79.9. The van der Waals surface area contributed by atoms with Crippen molar-refractivity contribution in [1.82, 2.24) is 5.32 Å². The van der Waals surface area contributed by atoms with E-state index < -0.39 is 11.6 Å². The smallest absolute Gasteiger partial charge is 0.129 e. The van der Waals surface area contributed by atoms with Crippen LogP contribution in [0.2, 0.25) is 0 Å². The number of rotatable bonds is 6. The van der Waals surface area contributed by atoms with Gasteiger partial charge in [-0.2, -0.15) is 0 Å². The number of halogens is 3. The van der Waals surface area contributed by atoms with Crippen LogP contribution in [0.5, 0.6) is 0 Å². The molecule has 2 rings (SSSR count). The summed E-state index contributed by atoms with van der Waals surface area (Å²) >= 11 is 5.07. The van der Waals surface area contributed by atoms with Crippen molar-refractivity contribution in [3.05, 3.63) is 56.2 Å². The van der Waals surface area contributed by atoms with E-state index in [0.29, 0.717) is 6.42 Å². The third-order valence-corrected chi connectivity index (χ3v) is 4.79. The van der Waals surface area contributed by atoms with Crippen LogP contribution in [0.25, 0.3) is 0 Å². The summed E-state index contributed by atoms with van der Waals surface area (Å²) in [6.07, 6.45) is 1.11. The highest BCUT2D eigenvalue weighted by molar-refractivity contribution is 9.10. The third kappa shape index (κ3) is 4.11. The van der Waals surface area contributed by atoms with Crippen LogP contribution in [0, 0.1) is 11.6 Å². The number of likely N-dealkylation sites (N-methyl/N-ethyl adjacent to an activating group) is 1. The molecule has 20 heavy (non-hydrogen) atoms. The fourth-order valence-electron chi connectivity index (χ4n) is 2.18. The molecule has 1 nitrogen and oxygen atoms in total. The number of hydrogen-bond acceptors (Lipinski definition) is 2. The predicted octanol–water partition coefficient (Wildman–Crippen LogP) is 4.55. The van der Waals surface area contributed by atoms with Crippen molar-refractivity contribution in [2.75, 3.05) is 6.54 Å². The largest absolute Gasteiger partial charge is 0.314 e. The molecule has 2 aromatic rings. The number of hydrogen-bond donors (Lipinski definition) is 1. The van der Waals surface area contributed by atoms with Gasteiger partial charge in [0, 0.05) is 26.3 Å². The molecule has 0 saturated heterocycles. The number of thiophene rings is 1. The molecule has 0 aliphatic carbocycles. The summed E-state index contributed by atoms with van der Waals surface area (Å²) in [7, 11) is 0. The van der Waals surface area contributed by atoms with Crippen LogP contribution in [-0.2, 0) is 12.8 Å². The van der Waals surface area contributed by atoms with Gasteiger partial charge in [-0.05, 0) is 53.5 Å². The van der Waals surface area contributed by atoms with Crippen LogP contribution in [0.15, 0.2) is 34.1 Å². The average molecular weight is 360 g/mol. The Hall–Kier alpha value is -0.780. The van der Waals surface area contributed by atoms with Crippen LogP contribution in [0.1, 0.15) is 17.4 Å². The first-order valence-corrected chi connectivity index (χ1v) is 8.16. The molecule has 1 aromatic carbocycles. The Morgan fingerprint density at radius 1 is 1.25 bits per heavy atom. The molecule has 0 spiro atoms. The van der Waals surface area contributed by atoms with Gasteiger partial charge in [0.25, 0.3) is 0 Å². The van der Waals surface area contributed by atoms with Crippen molar-refractivity contribution in [1.29, 1.82) is 0 Å². The first-order valence-electron chi connectivity index (χ1n) is 6.49. The van der Waals surface area contributed by atoms with Gasteiger partial charge in [-0.3, -0.25) is 0 Å². The summed E-state index contributed by atoms with van der Waals surface area (Å²) in [4.78, 5) is 1.19. The van der Waals surface area contributed by atoms with Crippen molar-refractivity contribution in [2.24, 2.45) is 0 Å². The zero-order valence-corrected chi connectivity index (χ0v) is 13.5. The molecule has 0 aliphatic rings. The molecule has 1 N–H and O–H groups in total. The highest BCUT2D eigenvalue weighted by Gasteiger charge is 2.16. The second-order valence-corrected chi connectivity index (χ2v) is 6.51. The molecule has 0 bridgehead atoms. The summed E-state index contributed by atoms with van der Waals surface area (Å²) in [5.74, 6) is -0.944. The first-order chi connectivity index (χ1) is 9.60. The Morgan fingerprint density at radius 2 is 1.95 bits per heavy atom. The van der Waals surface area contributed by atoms with Gasteiger partial charge in [-0.15, -0.1) is 11.3 Å². The molecular formula is C15H16BrF2NS. The maximum atomic E-state index is 13.7. The average Bonchev–Trinajstić information content (AvgIpc) is 2.80. The topological polar surface area (TPSA) is 12.0 Å². The van der Waals surface area contributed by atoms with Crippen molar-refractivity contribution in [3.63, 3.8) is 0 Å². The second-order valence-electron chi connectivity index (χ2n) is 4.59. The standard InChI is InChI=1S/C15H16BrF2NS/c1-2-19-11(7-12-6-10(16)9-20-12)8-13-14(17)4-3-5-15(13)18/h3-6,9,11,19H,2,7-8H2,1H3. The Labute approximate surface area is 130 Å². The Morgan fingerprint density at radius 3 is 2.50 bits per heavy atom. The van der Waals surface area contributed by atoms with Gasteiger partial charge < -0.3 is 5.32 Å².